The van der Waals surface area contributed by atoms with Crippen LogP contribution in [-0.2, 0) is 0 Å². The van der Waals surface area contributed by atoms with E-state index < -0.39 is 0 Å². The van der Waals surface area contributed by atoms with Crippen molar-refractivity contribution in [2.24, 2.45) is 4.99 Å². The number of nitriles is 1. The number of anilines is 1. The third kappa shape index (κ3) is 5.55. The van der Waals surface area contributed by atoms with Crippen LogP contribution in [0.4, 0.5) is 20.6 Å². The van der Waals surface area contributed by atoms with E-state index in [9.17, 15) is 14.4 Å². The van der Waals surface area contributed by atoms with Crippen LogP contribution in [0.2, 0.25) is 0 Å². The SMILES string of the molecule is CCCC1CN(C(=Nc2ccccc2C)NC#N)CCN1C(=O)Nc1cc(F)ccc1C. The maximum Gasteiger partial charge on any atom is 0.322 e. The minimum Gasteiger partial charge on any atom is -0.338 e. The van der Waals surface area contributed by atoms with Crippen LogP contribution < -0.4 is 10.6 Å². The van der Waals surface area contributed by atoms with Gasteiger partial charge in [-0.15, -0.1) is 0 Å². The molecule has 0 bridgehead atoms. The Balaban J connectivity index is 1.78. The number of piperazine rings is 1. The lowest BCUT2D eigenvalue weighted by Crippen LogP contribution is -2.59. The summed E-state index contributed by atoms with van der Waals surface area (Å²) < 4.78 is 13.6. The van der Waals surface area contributed by atoms with Crippen molar-refractivity contribution in [2.75, 3.05) is 25.0 Å². The van der Waals surface area contributed by atoms with Crippen LogP contribution in [0, 0.1) is 31.1 Å². The fourth-order valence-corrected chi connectivity index (χ4v) is 3.84. The normalized spacial score (nSPS) is 16.5. The van der Waals surface area contributed by atoms with Gasteiger partial charge in [0, 0.05) is 25.3 Å². The first-order valence-electron chi connectivity index (χ1n) is 10.8. The number of hydrogen-bond donors (Lipinski definition) is 2. The maximum atomic E-state index is 13.6. The number of guanidine groups is 1. The number of carbonyl (C=O) groups excluding carboxylic acids is 1. The number of hydrogen-bond acceptors (Lipinski definition) is 3. The predicted molar refractivity (Wildman–Crippen MR) is 124 cm³/mol. The number of carbonyl (C=O) groups is 1. The first-order chi connectivity index (χ1) is 15.4. The summed E-state index contributed by atoms with van der Waals surface area (Å²) in [6, 6.07) is 11.8. The van der Waals surface area contributed by atoms with Crippen LogP contribution in [0.1, 0.15) is 30.9 Å². The number of halogens is 1. The molecule has 2 aromatic carbocycles. The molecule has 0 saturated carbocycles. The van der Waals surface area contributed by atoms with Gasteiger partial charge in [0.2, 0.25) is 5.96 Å². The first-order valence-corrected chi connectivity index (χ1v) is 10.8. The van der Waals surface area contributed by atoms with E-state index in [4.69, 9.17) is 0 Å². The fraction of sp³-hybridized carbons (Fsp3) is 0.375. The van der Waals surface area contributed by atoms with Gasteiger partial charge < -0.3 is 15.1 Å². The standard InChI is InChI=1S/C24H29FN6O/c1-4-7-20-15-30(23(27-16-26)28-21-9-6-5-8-17(21)2)12-13-31(20)24(32)29-22-14-19(25)11-10-18(22)3/h5-6,8-11,14,20H,4,7,12-13,15H2,1-3H3,(H,27,28)(H,29,32). The quantitative estimate of drug-likeness (QED) is 0.319. The zero-order valence-electron chi connectivity index (χ0n) is 18.7. The number of urea groups is 1. The van der Waals surface area contributed by atoms with Crippen molar-refractivity contribution >= 4 is 23.4 Å². The van der Waals surface area contributed by atoms with Crippen LogP contribution in [-0.4, -0.2) is 47.5 Å². The van der Waals surface area contributed by atoms with Crippen molar-refractivity contribution in [1.82, 2.24) is 15.1 Å². The molecule has 1 aliphatic heterocycles. The Hall–Kier alpha value is -3.60. The van der Waals surface area contributed by atoms with Gasteiger partial charge in [0.15, 0.2) is 6.19 Å². The van der Waals surface area contributed by atoms with Gasteiger partial charge in [-0.3, -0.25) is 5.32 Å². The lowest BCUT2D eigenvalue weighted by atomic mass is 10.1. The topological polar surface area (TPSA) is 83.8 Å². The third-order valence-electron chi connectivity index (χ3n) is 5.62. The average Bonchev–Trinajstić information content (AvgIpc) is 2.77. The summed E-state index contributed by atoms with van der Waals surface area (Å²) in [6.07, 6.45) is 3.68. The molecule has 1 fully saturated rings. The second-order valence-corrected chi connectivity index (χ2v) is 7.93. The molecule has 32 heavy (non-hydrogen) atoms. The first kappa shape index (κ1) is 23.1. The molecular formula is C24H29FN6O. The maximum absolute atomic E-state index is 13.6. The number of amides is 2. The zero-order valence-corrected chi connectivity index (χ0v) is 18.7. The van der Waals surface area contributed by atoms with Crippen molar-refractivity contribution in [3.8, 4) is 6.19 Å². The summed E-state index contributed by atoms with van der Waals surface area (Å²) in [5.74, 6) is 0.0874. The Morgan fingerprint density at radius 3 is 2.72 bits per heavy atom. The number of para-hydroxylation sites is 1. The molecule has 1 heterocycles. The van der Waals surface area contributed by atoms with E-state index in [0.29, 0.717) is 31.3 Å². The molecule has 2 aromatic rings. The highest BCUT2D eigenvalue weighted by Crippen LogP contribution is 2.22. The smallest absolute Gasteiger partial charge is 0.322 e. The number of aliphatic imine (C=N–C) groups is 1. The van der Waals surface area contributed by atoms with Gasteiger partial charge in [0.1, 0.15) is 5.82 Å². The Morgan fingerprint density at radius 1 is 1.22 bits per heavy atom. The summed E-state index contributed by atoms with van der Waals surface area (Å²) >= 11 is 0. The molecule has 1 aliphatic rings. The Bertz CT molecular complexity index is 1030. The van der Waals surface area contributed by atoms with Gasteiger partial charge >= 0.3 is 6.03 Å². The summed E-state index contributed by atoms with van der Waals surface area (Å²) in [5.41, 5.74) is 3.08. The average molecular weight is 437 g/mol. The largest absolute Gasteiger partial charge is 0.338 e. The van der Waals surface area contributed by atoms with E-state index >= 15 is 0 Å². The van der Waals surface area contributed by atoms with Crippen molar-refractivity contribution < 1.29 is 9.18 Å². The van der Waals surface area contributed by atoms with E-state index in [1.807, 2.05) is 49.2 Å². The van der Waals surface area contributed by atoms with Gasteiger partial charge in [-0.05, 0) is 49.6 Å². The summed E-state index contributed by atoms with van der Waals surface area (Å²) in [7, 11) is 0. The Morgan fingerprint density at radius 2 is 2.00 bits per heavy atom. The van der Waals surface area contributed by atoms with E-state index in [2.05, 4.69) is 22.5 Å². The molecule has 1 saturated heterocycles. The molecule has 8 heteroatoms. The number of nitrogens with zero attached hydrogens (tertiary/aromatic N) is 4. The number of benzene rings is 2. The van der Waals surface area contributed by atoms with Crippen LogP contribution in [0.25, 0.3) is 0 Å². The number of nitrogens with one attached hydrogen (secondary N) is 2. The Kier molecular flexibility index (Phi) is 7.66. The third-order valence-corrected chi connectivity index (χ3v) is 5.62. The molecule has 1 unspecified atom stereocenters. The van der Waals surface area contributed by atoms with E-state index in [1.165, 1.54) is 12.1 Å². The lowest BCUT2D eigenvalue weighted by Gasteiger charge is -2.42. The zero-order chi connectivity index (χ0) is 23.1. The van der Waals surface area contributed by atoms with Crippen LogP contribution in [0.15, 0.2) is 47.5 Å². The molecule has 1 atom stereocenters. The molecule has 2 N–H and O–H groups in total. The molecule has 0 aromatic heterocycles. The van der Waals surface area contributed by atoms with Gasteiger partial charge in [-0.25, -0.2) is 14.2 Å². The lowest BCUT2D eigenvalue weighted by molar-refractivity contribution is 0.129. The van der Waals surface area contributed by atoms with Crippen molar-refractivity contribution in [1.29, 1.82) is 5.26 Å². The fourth-order valence-electron chi connectivity index (χ4n) is 3.84. The second-order valence-electron chi connectivity index (χ2n) is 7.93. The minimum atomic E-state index is -0.388. The minimum absolute atomic E-state index is 0.0646. The number of aryl methyl sites for hydroxylation is 2. The molecule has 168 valence electrons. The predicted octanol–water partition coefficient (Wildman–Crippen LogP) is 4.52. The molecule has 0 aliphatic carbocycles. The summed E-state index contributed by atoms with van der Waals surface area (Å²) in [6.45, 7) is 7.40. The van der Waals surface area contributed by atoms with E-state index in [-0.39, 0.29) is 17.9 Å². The van der Waals surface area contributed by atoms with E-state index in [0.717, 1.165) is 29.7 Å². The van der Waals surface area contributed by atoms with Gasteiger partial charge in [0.05, 0.1) is 11.7 Å². The monoisotopic (exact) mass is 436 g/mol. The highest BCUT2D eigenvalue weighted by Gasteiger charge is 2.31. The van der Waals surface area contributed by atoms with Crippen molar-refractivity contribution in [3.05, 3.63) is 59.4 Å². The molecule has 2 amide bonds. The van der Waals surface area contributed by atoms with Crippen LogP contribution >= 0.6 is 0 Å². The van der Waals surface area contributed by atoms with Gasteiger partial charge in [0.25, 0.3) is 0 Å². The van der Waals surface area contributed by atoms with Crippen molar-refractivity contribution in [2.45, 2.75) is 39.7 Å². The highest BCUT2D eigenvalue weighted by atomic mass is 19.1. The summed E-state index contributed by atoms with van der Waals surface area (Å²) in [5, 5.41) is 14.8. The van der Waals surface area contributed by atoms with E-state index in [1.54, 1.807) is 11.0 Å². The molecule has 0 spiro atoms. The molecule has 7 nitrogen and oxygen atoms in total. The van der Waals surface area contributed by atoms with Gasteiger partial charge in [-0.2, -0.15) is 5.26 Å². The number of rotatable bonds is 4. The van der Waals surface area contributed by atoms with Crippen molar-refractivity contribution in [3.63, 3.8) is 0 Å². The molecular weight excluding hydrogens is 407 g/mol. The Labute approximate surface area is 188 Å². The summed E-state index contributed by atoms with van der Waals surface area (Å²) in [4.78, 5) is 21.5. The van der Waals surface area contributed by atoms with Crippen LogP contribution in [0.3, 0.4) is 0 Å². The molecule has 3 rings (SSSR count). The highest BCUT2D eigenvalue weighted by molar-refractivity contribution is 5.91. The van der Waals surface area contributed by atoms with Gasteiger partial charge in [-0.1, -0.05) is 37.6 Å². The van der Waals surface area contributed by atoms with Crippen LogP contribution in [0.5, 0.6) is 0 Å². The second kappa shape index (κ2) is 10.6. The molecule has 0 radical (unpaired) electrons.